The number of fused-ring (bicyclic) bond motifs is 1. The van der Waals surface area contributed by atoms with Gasteiger partial charge in [0.1, 0.15) is 6.54 Å². The number of pyridine rings is 1. The van der Waals surface area contributed by atoms with Crippen molar-refractivity contribution in [3.8, 4) is 0 Å². The highest BCUT2D eigenvalue weighted by Crippen LogP contribution is 2.34. The monoisotopic (exact) mass is 474 g/mol. The lowest BCUT2D eigenvalue weighted by Gasteiger charge is -2.09. The van der Waals surface area contributed by atoms with E-state index in [-0.39, 0.29) is 38.6 Å². The lowest BCUT2D eigenvalue weighted by molar-refractivity contribution is -0.135. The fraction of sp³-hybridized carbons (Fsp3) is 0.190. The molecule has 1 aliphatic carbocycles. The summed E-state index contributed by atoms with van der Waals surface area (Å²) in [6.45, 7) is -0.572. The number of H-pyrrole nitrogens is 1. The zero-order valence-corrected chi connectivity index (χ0v) is 17.9. The quantitative estimate of drug-likeness (QED) is 0.387. The van der Waals surface area contributed by atoms with Gasteiger partial charge in [0.15, 0.2) is 11.6 Å². The average molecular weight is 475 g/mol. The number of nitrogens with one attached hydrogen (secondary N) is 3. The summed E-state index contributed by atoms with van der Waals surface area (Å²) in [4.78, 5) is 55.2. The van der Waals surface area contributed by atoms with E-state index >= 15 is 0 Å². The van der Waals surface area contributed by atoms with Crippen LogP contribution < -0.4 is 10.6 Å². The molecule has 32 heavy (non-hydrogen) atoms. The van der Waals surface area contributed by atoms with Crippen molar-refractivity contribution < 1.29 is 24.3 Å². The SMILES string of the molecule is O=C(O)CNC(=O)c1cc(Cl)c(C(=O)c2c[nH]c3c(NC(=O)C4CC4)nccc23)c(Cl)c1. The number of benzene rings is 1. The highest BCUT2D eigenvalue weighted by Gasteiger charge is 2.30. The molecule has 0 bridgehead atoms. The summed E-state index contributed by atoms with van der Waals surface area (Å²) < 4.78 is 0. The number of nitrogens with zero attached hydrogens (tertiary/aromatic N) is 1. The van der Waals surface area contributed by atoms with Gasteiger partial charge in [0.2, 0.25) is 5.91 Å². The summed E-state index contributed by atoms with van der Waals surface area (Å²) in [6.07, 6.45) is 4.64. The number of carbonyl (C=O) groups is 4. The van der Waals surface area contributed by atoms with Crippen molar-refractivity contribution in [2.45, 2.75) is 12.8 Å². The molecule has 0 aliphatic heterocycles. The molecule has 4 rings (SSSR count). The van der Waals surface area contributed by atoms with Crippen molar-refractivity contribution in [3.05, 3.63) is 57.3 Å². The van der Waals surface area contributed by atoms with Gasteiger partial charge in [-0.2, -0.15) is 0 Å². The zero-order chi connectivity index (χ0) is 23.0. The molecule has 2 amide bonds. The minimum Gasteiger partial charge on any atom is -0.480 e. The van der Waals surface area contributed by atoms with Crippen LogP contribution in [0, 0.1) is 5.92 Å². The van der Waals surface area contributed by atoms with Crippen LogP contribution in [0.1, 0.15) is 39.1 Å². The smallest absolute Gasteiger partial charge is 0.322 e. The predicted octanol–water partition coefficient (Wildman–Crippen LogP) is 3.26. The Morgan fingerprint density at radius 1 is 1.16 bits per heavy atom. The van der Waals surface area contributed by atoms with E-state index in [1.807, 2.05) is 0 Å². The third-order valence-electron chi connectivity index (χ3n) is 4.97. The van der Waals surface area contributed by atoms with Gasteiger partial charge < -0.3 is 20.7 Å². The van der Waals surface area contributed by atoms with Crippen LogP contribution in [-0.2, 0) is 9.59 Å². The number of aliphatic carboxylic acids is 1. The molecule has 1 aliphatic rings. The number of hydrogen-bond donors (Lipinski definition) is 4. The largest absolute Gasteiger partial charge is 0.480 e. The van der Waals surface area contributed by atoms with Crippen LogP contribution in [0.4, 0.5) is 5.82 Å². The number of rotatable bonds is 7. The first-order chi connectivity index (χ1) is 15.3. The van der Waals surface area contributed by atoms with Crippen molar-refractivity contribution >= 4 is 63.5 Å². The second kappa shape index (κ2) is 8.60. The highest BCUT2D eigenvalue weighted by atomic mass is 35.5. The van der Waals surface area contributed by atoms with E-state index in [2.05, 4.69) is 20.6 Å². The summed E-state index contributed by atoms with van der Waals surface area (Å²) >= 11 is 12.5. The van der Waals surface area contributed by atoms with Crippen molar-refractivity contribution in [1.82, 2.24) is 15.3 Å². The molecule has 0 atom stereocenters. The maximum atomic E-state index is 13.2. The first kappa shape index (κ1) is 21.8. The van der Waals surface area contributed by atoms with Gasteiger partial charge in [0.05, 0.1) is 21.1 Å². The van der Waals surface area contributed by atoms with Crippen molar-refractivity contribution in [1.29, 1.82) is 0 Å². The van der Waals surface area contributed by atoms with E-state index in [4.69, 9.17) is 28.3 Å². The summed E-state index contributed by atoms with van der Waals surface area (Å²) in [7, 11) is 0. The lowest BCUT2D eigenvalue weighted by atomic mass is 10.0. The number of amides is 2. The molecule has 2 aromatic heterocycles. The van der Waals surface area contributed by atoms with Crippen LogP contribution in [0.3, 0.4) is 0 Å². The first-order valence-electron chi connectivity index (χ1n) is 9.57. The molecule has 4 N–H and O–H groups in total. The van der Waals surface area contributed by atoms with Crippen LogP contribution in [0.2, 0.25) is 10.0 Å². The molecule has 0 saturated heterocycles. The predicted molar refractivity (Wildman–Crippen MR) is 117 cm³/mol. The second-order valence-electron chi connectivity index (χ2n) is 7.27. The molecule has 2 heterocycles. The van der Waals surface area contributed by atoms with E-state index in [1.54, 1.807) is 6.07 Å². The topological polar surface area (TPSA) is 141 Å². The Kier molecular flexibility index (Phi) is 5.86. The Hall–Kier alpha value is -3.43. The Balaban J connectivity index is 1.65. The van der Waals surface area contributed by atoms with E-state index in [9.17, 15) is 19.2 Å². The Labute approximate surface area is 191 Å². The summed E-state index contributed by atoms with van der Waals surface area (Å²) in [5.41, 5.74) is 0.758. The van der Waals surface area contributed by atoms with Gasteiger partial charge in [-0.25, -0.2) is 4.98 Å². The fourth-order valence-corrected chi connectivity index (χ4v) is 3.87. The number of carboxylic acids is 1. The fourth-order valence-electron chi connectivity index (χ4n) is 3.22. The minimum absolute atomic E-state index is 0.00746. The molecular weight excluding hydrogens is 459 g/mol. The molecule has 11 heteroatoms. The third kappa shape index (κ3) is 4.30. The number of aromatic amines is 1. The molecule has 0 spiro atoms. The van der Waals surface area contributed by atoms with E-state index in [0.717, 1.165) is 12.8 Å². The molecular formula is C21H16Cl2N4O5. The Morgan fingerprint density at radius 2 is 1.84 bits per heavy atom. The van der Waals surface area contributed by atoms with Crippen LogP contribution in [0.15, 0.2) is 30.6 Å². The standard InChI is InChI=1S/C21H16Cl2N4O5/c22-13-5-10(20(31)26-8-15(28)29)6-14(23)16(13)18(30)12-7-25-17-11(12)3-4-24-19(17)27-21(32)9-1-2-9/h3-7,9,25H,1-2,8H2,(H,26,31)(H,28,29)(H,24,27,32). The van der Waals surface area contributed by atoms with Gasteiger partial charge in [0.25, 0.3) is 5.91 Å². The first-order valence-corrected chi connectivity index (χ1v) is 10.3. The molecule has 9 nitrogen and oxygen atoms in total. The molecule has 1 saturated carbocycles. The molecule has 1 aromatic carbocycles. The summed E-state index contributed by atoms with van der Waals surface area (Å²) in [5, 5.41) is 14.1. The second-order valence-corrected chi connectivity index (χ2v) is 8.08. The maximum Gasteiger partial charge on any atom is 0.322 e. The molecule has 0 unspecified atom stereocenters. The average Bonchev–Trinajstić information content (AvgIpc) is 3.50. The van der Waals surface area contributed by atoms with Gasteiger partial charge in [-0.1, -0.05) is 23.2 Å². The minimum atomic E-state index is -1.20. The van der Waals surface area contributed by atoms with E-state index in [1.165, 1.54) is 24.5 Å². The zero-order valence-electron chi connectivity index (χ0n) is 16.4. The number of aromatic nitrogens is 2. The van der Waals surface area contributed by atoms with Crippen LogP contribution in [-0.4, -0.2) is 45.2 Å². The van der Waals surface area contributed by atoms with Crippen LogP contribution in [0.25, 0.3) is 10.9 Å². The number of ketones is 1. The highest BCUT2D eigenvalue weighted by molar-refractivity contribution is 6.42. The lowest BCUT2D eigenvalue weighted by Crippen LogP contribution is -2.29. The molecule has 0 radical (unpaired) electrons. The molecule has 3 aromatic rings. The number of halogens is 2. The van der Waals surface area contributed by atoms with Crippen molar-refractivity contribution in [2.24, 2.45) is 5.92 Å². The van der Waals surface area contributed by atoms with Gasteiger partial charge in [-0.3, -0.25) is 19.2 Å². The Bertz CT molecular complexity index is 1260. The number of carbonyl (C=O) groups excluding carboxylic acids is 3. The third-order valence-corrected chi connectivity index (χ3v) is 5.56. The van der Waals surface area contributed by atoms with Crippen LogP contribution >= 0.6 is 23.2 Å². The van der Waals surface area contributed by atoms with Gasteiger partial charge in [-0.15, -0.1) is 0 Å². The van der Waals surface area contributed by atoms with Gasteiger partial charge in [0, 0.05) is 34.8 Å². The maximum absolute atomic E-state index is 13.2. The van der Waals surface area contributed by atoms with Crippen molar-refractivity contribution in [2.75, 3.05) is 11.9 Å². The molecule has 164 valence electrons. The summed E-state index contributed by atoms with van der Waals surface area (Å²) in [5.74, 6) is -2.19. The van der Waals surface area contributed by atoms with E-state index < -0.39 is 24.2 Å². The van der Waals surface area contributed by atoms with Gasteiger partial charge >= 0.3 is 5.97 Å². The van der Waals surface area contributed by atoms with Crippen molar-refractivity contribution in [3.63, 3.8) is 0 Å². The normalized spacial score (nSPS) is 13.1. The molecule has 1 fully saturated rings. The number of hydrogen-bond acceptors (Lipinski definition) is 5. The number of anilines is 1. The summed E-state index contributed by atoms with van der Waals surface area (Å²) in [6, 6.07) is 4.12. The van der Waals surface area contributed by atoms with Gasteiger partial charge in [-0.05, 0) is 31.0 Å². The Morgan fingerprint density at radius 3 is 2.47 bits per heavy atom. The van der Waals surface area contributed by atoms with Crippen LogP contribution in [0.5, 0.6) is 0 Å². The van der Waals surface area contributed by atoms with E-state index in [0.29, 0.717) is 16.7 Å². The number of carboxylic acid groups (broad SMARTS) is 1.